The van der Waals surface area contributed by atoms with E-state index < -0.39 is 5.69 Å². The van der Waals surface area contributed by atoms with Gasteiger partial charge in [-0.15, -0.1) is 0 Å². The van der Waals surface area contributed by atoms with E-state index >= 15 is 0 Å². The third kappa shape index (κ3) is 4.57. The molecule has 33 heavy (non-hydrogen) atoms. The van der Waals surface area contributed by atoms with Crippen molar-refractivity contribution < 1.29 is 0 Å². The van der Waals surface area contributed by atoms with Crippen LogP contribution >= 0.6 is 0 Å². The Bertz CT molecular complexity index is 1290. The van der Waals surface area contributed by atoms with Crippen molar-refractivity contribution in [1.29, 1.82) is 0 Å². The average molecular weight is 449 g/mol. The number of allylic oxidation sites excluding steroid dienone is 2. The van der Waals surface area contributed by atoms with Crippen molar-refractivity contribution in [3.8, 4) is 0 Å². The predicted molar refractivity (Wildman–Crippen MR) is 134 cm³/mol. The van der Waals surface area contributed by atoms with E-state index in [9.17, 15) is 9.59 Å². The average Bonchev–Trinajstić information content (AvgIpc) is 3.18. The molecule has 4 rings (SSSR count). The fourth-order valence-corrected chi connectivity index (χ4v) is 4.37. The Labute approximate surface area is 193 Å². The molecule has 0 amide bonds. The van der Waals surface area contributed by atoms with Crippen LogP contribution in [-0.2, 0) is 19.5 Å². The molecule has 0 radical (unpaired) electrons. The van der Waals surface area contributed by atoms with Crippen molar-refractivity contribution >= 4 is 23.3 Å². The molecular weight excluding hydrogens is 416 g/mol. The number of aryl methyl sites for hydroxylation is 1. The first-order valence-electron chi connectivity index (χ1n) is 11.5. The smallest absolute Gasteiger partial charge is 0.336 e. The van der Waals surface area contributed by atoms with Gasteiger partial charge in [0.25, 0.3) is 5.56 Å². The van der Waals surface area contributed by atoms with Gasteiger partial charge in [0.05, 0.1) is 0 Å². The number of imidazole rings is 1. The molecule has 0 aliphatic carbocycles. The SMILES string of the molecule is C=Cn1c(=O)n(CCc2ccccc2)c(=O)c2c1nc(N1CCCC(N)C1)n2CC=C(C)C. The van der Waals surface area contributed by atoms with Crippen molar-refractivity contribution in [3.63, 3.8) is 0 Å². The number of rotatable bonds is 7. The molecule has 1 atom stereocenters. The molecule has 0 bridgehead atoms. The van der Waals surface area contributed by atoms with E-state index in [4.69, 9.17) is 10.7 Å². The summed E-state index contributed by atoms with van der Waals surface area (Å²) in [4.78, 5) is 33.8. The van der Waals surface area contributed by atoms with E-state index in [0.717, 1.165) is 30.5 Å². The number of hydrogen-bond donors (Lipinski definition) is 1. The van der Waals surface area contributed by atoms with Gasteiger partial charge in [-0.05, 0) is 38.7 Å². The Morgan fingerprint density at radius 2 is 1.97 bits per heavy atom. The highest BCUT2D eigenvalue weighted by atomic mass is 16.2. The van der Waals surface area contributed by atoms with Crippen molar-refractivity contribution in [2.45, 2.75) is 52.2 Å². The van der Waals surface area contributed by atoms with Crippen LogP contribution in [0.1, 0.15) is 32.3 Å². The van der Waals surface area contributed by atoms with Crippen LogP contribution in [0.2, 0.25) is 0 Å². The van der Waals surface area contributed by atoms with Gasteiger partial charge >= 0.3 is 5.69 Å². The van der Waals surface area contributed by atoms with E-state index in [1.807, 2.05) is 48.7 Å². The maximum absolute atomic E-state index is 13.7. The summed E-state index contributed by atoms with van der Waals surface area (Å²) < 4.78 is 4.60. The van der Waals surface area contributed by atoms with Gasteiger partial charge in [0, 0.05) is 38.4 Å². The summed E-state index contributed by atoms with van der Waals surface area (Å²) in [5.74, 6) is 0.672. The summed E-state index contributed by atoms with van der Waals surface area (Å²) in [5, 5.41) is 0. The Morgan fingerprint density at radius 1 is 1.21 bits per heavy atom. The van der Waals surface area contributed by atoms with Crippen LogP contribution in [0.25, 0.3) is 17.4 Å². The number of fused-ring (bicyclic) bond motifs is 1. The number of nitrogens with zero attached hydrogens (tertiary/aromatic N) is 5. The summed E-state index contributed by atoms with van der Waals surface area (Å²) in [5.41, 5.74) is 8.43. The van der Waals surface area contributed by atoms with Crippen LogP contribution in [0.4, 0.5) is 5.95 Å². The normalized spacial score (nSPS) is 16.2. The van der Waals surface area contributed by atoms with E-state index in [2.05, 4.69) is 17.6 Å². The molecule has 8 heteroatoms. The van der Waals surface area contributed by atoms with Crippen LogP contribution in [0.15, 0.2) is 58.1 Å². The van der Waals surface area contributed by atoms with Crippen molar-refractivity contribution in [3.05, 3.63) is 75.0 Å². The van der Waals surface area contributed by atoms with Crippen LogP contribution in [0.5, 0.6) is 0 Å². The van der Waals surface area contributed by atoms with Gasteiger partial charge in [0.1, 0.15) is 0 Å². The second-order valence-corrected chi connectivity index (χ2v) is 8.85. The molecule has 174 valence electrons. The fraction of sp³-hybridized carbons (Fsp3) is 0.400. The Hall–Kier alpha value is -3.39. The molecule has 3 heterocycles. The quantitative estimate of drug-likeness (QED) is 0.561. The van der Waals surface area contributed by atoms with Gasteiger partial charge < -0.3 is 15.2 Å². The molecule has 1 unspecified atom stereocenters. The molecule has 3 aromatic rings. The number of aromatic nitrogens is 4. The summed E-state index contributed by atoms with van der Waals surface area (Å²) in [6.07, 6.45) is 6.00. The first-order chi connectivity index (χ1) is 15.9. The van der Waals surface area contributed by atoms with Crippen LogP contribution < -0.4 is 21.9 Å². The fourth-order valence-electron chi connectivity index (χ4n) is 4.37. The molecule has 1 aromatic carbocycles. The van der Waals surface area contributed by atoms with Crippen LogP contribution in [0, 0.1) is 0 Å². The third-order valence-corrected chi connectivity index (χ3v) is 6.11. The number of piperidine rings is 1. The predicted octanol–water partition coefficient (Wildman–Crippen LogP) is 2.60. The minimum Gasteiger partial charge on any atom is -0.341 e. The van der Waals surface area contributed by atoms with Gasteiger partial charge in [0.15, 0.2) is 11.2 Å². The Balaban J connectivity index is 1.90. The Morgan fingerprint density at radius 3 is 2.64 bits per heavy atom. The highest BCUT2D eigenvalue weighted by Crippen LogP contribution is 2.23. The molecule has 1 aliphatic rings. The van der Waals surface area contributed by atoms with Crippen molar-refractivity contribution in [1.82, 2.24) is 18.7 Å². The summed E-state index contributed by atoms with van der Waals surface area (Å²) >= 11 is 0. The first-order valence-corrected chi connectivity index (χ1v) is 11.5. The number of nitrogens with two attached hydrogens (primary N) is 1. The monoisotopic (exact) mass is 448 g/mol. The minimum atomic E-state index is -0.424. The molecule has 2 aromatic heterocycles. The standard InChI is InChI=1S/C25H32N6O2/c1-4-29-22-21(23(32)31(25(29)33)16-13-19-9-6-5-7-10-19)30(15-12-18(2)3)24(27-22)28-14-8-11-20(26)17-28/h4-7,9-10,12,20H,1,8,11,13-17,26H2,2-3H3. The molecule has 0 saturated carbocycles. The zero-order valence-corrected chi connectivity index (χ0v) is 19.4. The molecule has 0 spiro atoms. The van der Waals surface area contributed by atoms with E-state index in [1.165, 1.54) is 15.3 Å². The highest BCUT2D eigenvalue weighted by molar-refractivity contribution is 5.76. The molecule has 2 N–H and O–H groups in total. The maximum Gasteiger partial charge on any atom is 0.336 e. The van der Waals surface area contributed by atoms with Gasteiger partial charge in [-0.3, -0.25) is 13.9 Å². The summed E-state index contributed by atoms with van der Waals surface area (Å²) in [6, 6.07) is 9.89. The molecule has 8 nitrogen and oxygen atoms in total. The van der Waals surface area contributed by atoms with Crippen molar-refractivity contribution in [2.75, 3.05) is 18.0 Å². The lowest BCUT2D eigenvalue weighted by Gasteiger charge is -2.31. The zero-order chi connectivity index (χ0) is 23.5. The van der Waals surface area contributed by atoms with Crippen LogP contribution in [0.3, 0.4) is 0 Å². The van der Waals surface area contributed by atoms with Gasteiger partial charge in [-0.2, -0.15) is 4.98 Å². The highest BCUT2D eigenvalue weighted by Gasteiger charge is 2.26. The summed E-state index contributed by atoms with van der Waals surface area (Å²) in [7, 11) is 0. The number of hydrogen-bond acceptors (Lipinski definition) is 5. The molecule has 1 aliphatic heterocycles. The molecular formula is C25H32N6O2. The van der Waals surface area contributed by atoms with Crippen molar-refractivity contribution in [2.24, 2.45) is 5.73 Å². The lowest BCUT2D eigenvalue weighted by molar-refractivity contribution is 0.495. The lowest BCUT2D eigenvalue weighted by Crippen LogP contribution is -2.44. The maximum atomic E-state index is 13.7. The Kier molecular flexibility index (Phi) is 6.65. The lowest BCUT2D eigenvalue weighted by atomic mass is 10.1. The van der Waals surface area contributed by atoms with E-state index in [0.29, 0.717) is 36.6 Å². The van der Waals surface area contributed by atoms with Gasteiger partial charge in [-0.1, -0.05) is 48.6 Å². The summed E-state index contributed by atoms with van der Waals surface area (Å²) in [6.45, 7) is 10.1. The van der Waals surface area contributed by atoms with Crippen LogP contribution in [-0.4, -0.2) is 37.8 Å². The second-order valence-electron chi connectivity index (χ2n) is 8.85. The van der Waals surface area contributed by atoms with E-state index in [1.54, 1.807) is 0 Å². The molecule has 1 fully saturated rings. The first kappa shape index (κ1) is 22.8. The molecule has 1 saturated heterocycles. The van der Waals surface area contributed by atoms with E-state index in [-0.39, 0.29) is 18.1 Å². The second kappa shape index (κ2) is 9.62. The number of anilines is 1. The largest absolute Gasteiger partial charge is 0.341 e. The minimum absolute atomic E-state index is 0.0552. The number of benzene rings is 1. The third-order valence-electron chi connectivity index (χ3n) is 6.11. The topological polar surface area (TPSA) is 91.1 Å². The zero-order valence-electron chi connectivity index (χ0n) is 19.4. The van der Waals surface area contributed by atoms with Gasteiger partial charge in [0.2, 0.25) is 5.95 Å². The van der Waals surface area contributed by atoms with Gasteiger partial charge in [-0.25, -0.2) is 4.79 Å².